The van der Waals surface area contributed by atoms with Gasteiger partial charge < -0.3 is 9.84 Å². The zero-order chi connectivity index (χ0) is 19.4. The maximum atomic E-state index is 12.7. The van der Waals surface area contributed by atoms with Crippen LogP contribution in [0.1, 0.15) is 25.3 Å². The second-order valence-electron chi connectivity index (χ2n) is 5.87. The summed E-state index contributed by atoms with van der Waals surface area (Å²) in [6, 6.07) is 11.0. The lowest BCUT2D eigenvalue weighted by Gasteiger charge is -2.22. The molecule has 2 aromatic carbocycles. The molecule has 0 fully saturated rings. The number of amides is 2. The number of aliphatic carboxylic acids is 1. The van der Waals surface area contributed by atoms with E-state index < -0.39 is 30.2 Å². The molecule has 0 aromatic heterocycles. The van der Waals surface area contributed by atoms with Crippen molar-refractivity contribution in [2.75, 3.05) is 13.7 Å². The van der Waals surface area contributed by atoms with E-state index in [0.717, 1.165) is 16.5 Å². The number of carbonyl (C=O) groups excluding carboxylic acids is 2. The average molecular weight is 373 g/mol. The standard InChI is InChI=1S/C19H19NO5S/c1-11(18(23)20(10-17(21)22)19(24)12(2)26)13-4-5-15-9-16(25-3)7-6-14(15)8-13/h4-9,11H,10H2,1-3H3,(H,21,22). The Hall–Kier alpha value is -2.80. The van der Waals surface area contributed by atoms with Gasteiger partial charge in [0.05, 0.1) is 17.9 Å². The number of rotatable bonds is 6. The minimum absolute atomic E-state index is 0.0580. The van der Waals surface area contributed by atoms with Crippen LogP contribution in [-0.4, -0.2) is 46.3 Å². The first-order valence-corrected chi connectivity index (χ1v) is 8.31. The summed E-state index contributed by atoms with van der Waals surface area (Å²) in [5.74, 6) is -2.61. The Labute approximate surface area is 156 Å². The molecule has 2 aromatic rings. The molecule has 26 heavy (non-hydrogen) atoms. The van der Waals surface area contributed by atoms with Gasteiger partial charge in [-0.05, 0) is 42.3 Å². The van der Waals surface area contributed by atoms with Gasteiger partial charge in [-0.15, -0.1) is 0 Å². The Morgan fingerprint density at radius 1 is 1.15 bits per heavy atom. The highest BCUT2D eigenvalue weighted by Crippen LogP contribution is 2.26. The van der Waals surface area contributed by atoms with Gasteiger partial charge in [0.2, 0.25) is 5.91 Å². The maximum Gasteiger partial charge on any atom is 0.323 e. The van der Waals surface area contributed by atoms with Crippen LogP contribution in [0.25, 0.3) is 10.8 Å². The van der Waals surface area contributed by atoms with E-state index in [2.05, 4.69) is 0 Å². The maximum absolute atomic E-state index is 12.7. The zero-order valence-corrected chi connectivity index (χ0v) is 15.5. The molecule has 1 unspecified atom stereocenters. The number of hydrogen-bond acceptors (Lipinski definition) is 5. The second kappa shape index (κ2) is 8.05. The molecule has 1 N–H and O–H groups in total. The molecule has 0 bridgehead atoms. The molecule has 7 heteroatoms. The number of hydrogen-bond donors (Lipinski definition) is 1. The Bertz CT molecular complexity index is 893. The number of fused-ring (bicyclic) bond motifs is 1. The summed E-state index contributed by atoms with van der Waals surface area (Å²) in [5, 5.41) is 10.9. The number of carbonyl (C=O) groups is 3. The third-order valence-corrected chi connectivity index (χ3v) is 4.22. The number of ether oxygens (including phenoxy) is 1. The van der Waals surface area contributed by atoms with Gasteiger partial charge >= 0.3 is 5.97 Å². The molecule has 0 aliphatic carbocycles. The summed E-state index contributed by atoms with van der Waals surface area (Å²) in [7, 11) is 1.59. The van der Waals surface area contributed by atoms with Crippen LogP contribution >= 0.6 is 12.2 Å². The van der Waals surface area contributed by atoms with Crippen LogP contribution in [0.5, 0.6) is 5.75 Å². The smallest absolute Gasteiger partial charge is 0.323 e. The van der Waals surface area contributed by atoms with Crippen LogP contribution in [0.3, 0.4) is 0 Å². The molecule has 2 rings (SSSR count). The summed E-state index contributed by atoms with van der Waals surface area (Å²) in [6.07, 6.45) is 0. The first-order valence-electron chi connectivity index (χ1n) is 7.90. The van der Waals surface area contributed by atoms with E-state index in [1.54, 1.807) is 20.1 Å². The van der Waals surface area contributed by atoms with Crippen LogP contribution in [0.4, 0.5) is 0 Å². The fourth-order valence-corrected chi connectivity index (χ4v) is 2.70. The summed E-state index contributed by atoms with van der Waals surface area (Å²) in [4.78, 5) is 36.5. The normalized spacial score (nSPS) is 11.7. The van der Waals surface area contributed by atoms with Crippen LogP contribution in [0, 0.1) is 0 Å². The quantitative estimate of drug-likeness (QED) is 0.784. The highest BCUT2D eigenvalue weighted by atomic mass is 32.1. The van der Waals surface area contributed by atoms with Crippen molar-refractivity contribution in [3.05, 3.63) is 42.0 Å². The molecule has 0 aliphatic rings. The Morgan fingerprint density at radius 3 is 2.35 bits per heavy atom. The lowest BCUT2D eigenvalue weighted by atomic mass is 9.96. The van der Waals surface area contributed by atoms with Gasteiger partial charge in [0.25, 0.3) is 5.91 Å². The number of benzene rings is 2. The first kappa shape index (κ1) is 19.5. The van der Waals surface area contributed by atoms with E-state index in [4.69, 9.17) is 22.1 Å². The minimum Gasteiger partial charge on any atom is -0.497 e. The molecule has 2 amide bonds. The van der Waals surface area contributed by atoms with Crippen molar-refractivity contribution in [1.82, 2.24) is 4.90 Å². The SMILES string of the molecule is COc1ccc2cc(C(C)C(=O)N(CC(=O)O)C(=O)C(C)=S)ccc2c1. The molecule has 0 radical (unpaired) electrons. The number of imide groups is 1. The van der Waals surface area contributed by atoms with Crippen LogP contribution in [-0.2, 0) is 14.4 Å². The largest absolute Gasteiger partial charge is 0.497 e. The molecule has 0 heterocycles. The van der Waals surface area contributed by atoms with Crippen LogP contribution < -0.4 is 4.74 Å². The minimum atomic E-state index is -1.28. The summed E-state index contributed by atoms with van der Waals surface area (Å²) >= 11 is 4.81. The predicted molar refractivity (Wildman–Crippen MR) is 102 cm³/mol. The molecule has 136 valence electrons. The van der Waals surface area contributed by atoms with Gasteiger partial charge in [-0.25, -0.2) is 0 Å². The third-order valence-electron chi connectivity index (χ3n) is 4.05. The predicted octanol–water partition coefficient (Wildman–Crippen LogP) is 2.78. The fraction of sp³-hybridized carbons (Fsp3) is 0.263. The topological polar surface area (TPSA) is 83.9 Å². The van der Waals surface area contributed by atoms with E-state index >= 15 is 0 Å². The summed E-state index contributed by atoms with van der Waals surface area (Å²) in [5.41, 5.74) is 0.679. The Morgan fingerprint density at radius 2 is 1.77 bits per heavy atom. The second-order valence-corrected chi connectivity index (χ2v) is 6.49. The molecule has 0 saturated heterocycles. The van der Waals surface area contributed by atoms with Gasteiger partial charge in [0, 0.05) is 0 Å². The molecule has 1 atom stereocenters. The van der Waals surface area contributed by atoms with Gasteiger partial charge in [-0.3, -0.25) is 19.3 Å². The van der Waals surface area contributed by atoms with Gasteiger partial charge in [-0.1, -0.05) is 36.5 Å². The Balaban J connectivity index is 2.35. The molecular weight excluding hydrogens is 354 g/mol. The van der Waals surface area contributed by atoms with E-state index in [1.807, 2.05) is 30.3 Å². The van der Waals surface area contributed by atoms with Gasteiger partial charge in [0.1, 0.15) is 12.3 Å². The average Bonchev–Trinajstić information content (AvgIpc) is 2.63. The van der Waals surface area contributed by atoms with Crippen molar-refractivity contribution in [3.63, 3.8) is 0 Å². The molecular formula is C19H19NO5S. The van der Waals surface area contributed by atoms with E-state index in [-0.39, 0.29) is 4.86 Å². The third kappa shape index (κ3) is 4.23. The van der Waals surface area contributed by atoms with Crippen molar-refractivity contribution in [2.45, 2.75) is 19.8 Å². The van der Waals surface area contributed by atoms with Crippen molar-refractivity contribution < 1.29 is 24.2 Å². The first-order chi connectivity index (χ1) is 12.2. The molecule has 0 spiro atoms. The molecule has 0 aliphatic heterocycles. The number of nitrogens with zero attached hydrogens (tertiary/aromatic N) is 1. The molecule has 0 saturated carbocycles. The molecule has 6 nitrogen and oxygen atoms in total. The van der Waals surface area contributed by atoms with Crippen molar-refractivity contribution in [1.29, 1.82) is 0 Å². The van der Waals surface area contributed by atoms with E-state index in [0.29, 0.717) is 10.5 Å². The highest BCUT2D eigenvalue weighted by molar-refractivity contribution is 7.82. The number of carboxylic acid groups (broad SMARTS) is 1. The van der Waals surface area contributed by atoms with Crippen molar-refractivity contribution in [3.8, 4) is 5.75 Å². The Kier molecular flexibility index (Phi) is 6.05. The number of carboxylic acids is 1. The summed E-state index contributed by atoms with van der Waals surface area (Å²) in [6.45, 7) is 2.28. The fourth-order valence-electron chi connectivity index (χ4n) is 2.59. The number of thiocarbonyl (C=S) groups is 1. The van der Waals surface area contributed by atoms with Crippen molar-refractivity contribution in [2.24, 2.45) is 0 Å². The van der Waals surface area contributed by atoms with Gasteiger partial charge in [0.15, 0.2) is 0 Å². The van der Waals surface area contributed by atoms with E-state index in [1.165, 1.54) is 6.92 Å². The lowest BCUT2D eigenvalue weighted by molar-refractivity contribution is -0.150. The lowest BCUT2D eigenvalue weighted by Crippen LogP contribution is -2.44. The van der Waals surface area contributed by atoms with Gasteiger partial charge in [-0.2, -0.15) is 0 Å². The highest BCUT2D eigenvalue weighted by Gasteiger charge is 2.29. The van der Waals surface area contributed by atoms with Crippen LogP contribution in [0.15, 0.2) is 36.4 Å². The van der Waals surface area contributed by atoms with Crippen molar-refractivity contribution >= 4 is 45.6 Å². The number of methoxy groups -OCH3 is 1. The monoisotopic (exact) mass is 373 g/mol. The summed E-state index contributed by atoms with van der Waals surface area (Å²) < 4.78 is 5.19. The van der Waals surface area contributed by atoms with Crippen LogP contribution in [0.2, 0.25) is 0 Å². The zero-order valence-electron chi connectivity index (χ0n) is 14.7. The van der Waals surface area contributed by atoms with E-state index in [9.17, 15) is 14.4 Å².